The molecule has 0 atom stereocenters. The minimum atomic E-state index is 0.865. The second-order valence-electron chi connectivity index (χ2n) is 13.8. The summed E-state index contributed by atoms with van der Waals surface area (Å²) in [5.41, 5.74) is 19.9. The van der Waals surface area contributed by atoms with E-state index in [0.717, 1.165) is 89.4 Å². The summed E-state index contributed by atoms with van der Waals surface area (Å²) in [6.07, 6.45) is 8.48. The highest BCUT2D eigenvalue weighted by Crippen LogP contribution is 2.38. The van der Waals surface area contributed by atoms with E-state index in [9.17, 15) is 0 Å². The lowest BCUT2D eigenvalue weighted by Gasteiger charge is -2.14. The SMILES string of the molecule is Cc1ccc(-c2c3nc(c(-c4ccc(C)cc4)c4ccc([n-]4)c(-c4ccc(C)cc4)c4nc(c(-c5ccc(C)cc5)c5ccc2[n-]5)C=C4)C=C3)cc1. The molecule has 52 heavy (non-hydrogen) atoms. The Bertz CT molecular complexity index is 2350. The number of hydrogen-bond donors (Lipinski definition) is 0. The third-order valence-electron chi connectivity index (χ3n) is 9.97. The molecule has 0 saturated carbocycles. The molecule has 0 N–H and O–H groups in total. The number of fused-ring (bicyclic) bond motifs is 8. The van der Waals surface area contributed by atoms with Crippen LogP contribution in [0.25, 0.3) is 90.9 Å². The van der Waals surface area contributed by atoms with Gasteiger partial charge in [0, 0.05) is 0 Å². The first-order valence-corrected chi connectivity index (χ1v) is 17.7. The van der Waals surface area contributed by atoms with E-state index in [2.05, 4.69) is 173 Å². The average Bonchev–Trinajstić information content (AvgIpc) is 3.99. The van der Waals surface area contributed by atoms with Crippen LogP contribution in [0.15, 0.2) is 121 Å². The van der Waals surface area contributed by atoms with Gasteiger partial charge in [-0.1, -0.05) is 144 Å². The van der Waals surface area contributed by atoms with Gasteiger partial charge in [0.2, 0.25) is 0 Å². The molecule has 0 saturated heterocycles. The van der Waals surface area contributed by atoms with Crippen molar-refractivity contribution in [1.82, 2.24) is 19.9 Å². The maximum atomic E-state index is 5.37. The summed E-state index contributed by atoms with van der Waals surface area (Å²) < 4.78 is 0. The Hall–Kier alpha value is -6.52. The van der Waals surface area contributed by atoms with Gasteiger partial charge in [0.05, 0.1) is 22.8 Å². The van der Waals surface area contributed by atoms with E-state index in [4.69, 9.17) is 19.9 Å². The first-order valence-electron chi connectivity index (χ1n) is 17.7. The van der Waals surface area contributed by atoms with Crippen molar-refractivity contribution >= 4 is 46.4 Å². The molecule has 0 aliphatic carbocycles. The van der Waals surface area contributed by atoms with Crippen LogP contribution in [-0.2, 0) is 0 Å². The number of aryl methyl sites for hydroxylation is 4. The summed E-state index contributed by atoms with van der Waals surface area (Å²) in [5.74, 6) is 0. The third-order valence-corrected chi connectivity index (χ3v) is 9.97. The Balaban J connectivity index is 1.47. The lowest BCUT2D eigenvalue weighted by molar-refractivity contribution is 1.30. The number of rotatable bonds is 4. The number of nitrogens with zero attached hydrogens (tertiary/aromatic N) is 4. The largest absolute Gasteiger partial charge is 0.657 e. The zero-order valence-electron chi connectivity index (χ0n) is 29.6. The minimum Gasteiger partial charge on any atom is -0.657 e. The fourth-order valence-electron chi connectivity index (χ4n) is 7.15. The fourth-order valence-corrected chi connectivity index (χ4v) is 7.15. The van der Waals surface area contributed by atoms with Crippen molar-refractivity contribution in [2.24, 2.45) is 0 Å². The molecule has 4 nitrogen and oxygen atoms in total. The molecule has 8 bridgehead atoms. The molecule has 4 aromatic carbocycles. The van der Waals surface area contributed by atoms with Gasteiger partial charge in [0.1, 0.15) is 0 Å². The Kier molecular flexibility index (Phi) is 7.66. The highest BCUT2D eigenvalue weighted by Gasteiger charge is 2.15. The smallest absolute Gasteiger partial charge is 0.0704 e. The Labute approximate surface area is 303 Å². The van der Waals surface area contributed by atoms with Crippen molar-refractivity contribution in [3.63, 3.8) is 0 Å². The quantitative estimate of drug-likeness (QED) is 0.187. The van der Waals surface area contributed by atoms with Crippen LogP contribution in [0.4, 0.5) is 0 Å². The van der Waals surface area contributed by atoms with Crippen LogP contribution in [0, 0.1) is 27.7 Å². The zero-order valence-corrected chi connectivity index (χ0v) is 29.6. The van der Waals surface area contributed by atoms with E-state index < -0.39 is 0 Å². The Morgan fingerprint density at radius 3 is 0.712 bits per heavy atom. The van der Waals surface area contributed by atoms with Crippen LogP contribution in [-0.4, -0.2) is 9.97 Å². The van der Waals surface area contributed by atoms with E-state index in [1.54, 1.807) is 0 Å². The molecule has 5 heterocycles. The van der Waals surface area contributed by atoms with Crippen LogP contribution < -0.4 is 9.97 Å². The molecule has 0 unspecified atom stereocenters. The van der Waals surface area contributed by atoms with Gasteiger partial charge in [-0.3, -0.25) is 0 Å². The summed E-state index contributed by atoms with van der Waals surface area (Å²) in [6.45, 7) is 8.45. The molecule has 3 aromatic heterocycles. The monoisotopic (exact) mass is 668 g/mol. The standard InChI is InChI=1S/C48H36N4/c1-29-5-13-33(14-6-29)45-37-21-23-39(49-37)46(34-15-7-30(2)8-16-34)41-25-27-43(51-41)48(36-19-11-32(4)12-20-36)44-28-26-42(52-44)47(40-24-22-38(45)50-40)35-17-9-31(3)10-18-35/h5-28H,1-4H3/q-2. The van der Waals surface area contributed by atoms with Crippen LogP contribution in [0.2, 0.25) is 0 Å². The van der Waals surface area contributed by atoms with Gasteiger partial charge in [0.15, 0.2) is 0 Å². The van der Waals surface area contributed by atoms with Gasteiger partial charge < -0.3 is 9.97 Å². The summed E-state index contributed by atoms with van der Waals surface area (Å²) in [6, 6.07) is 43.0. The van der Waals surface area contributed by atoms with Crippen molar-refractivity contribution in [3.8, 4) is 44.5 Å². The van der Waals surface area contributed by atoms with Gasteiger partial charge >= 0.3 is 0 Å². The van der Waals surface area contributed by atoms with Gasteiger partial charge in [-0.15, -0.1) is 22.1 Å². The van der Waals surface area contributed by atoms with Crippen molar-refractivity contribution in [3.05, 3.63) is 166 Å². The lowest BCUT2D eigenvalue weighted by Crippen LogP contribution is -1.91. The number of benzene rings is 4. The van der Waals surface area contributed by atoms with E-state index in [1.807, 2.05) is 0 Å². The second-order valence-corrected chi connectivity index (χ2v) is 13.8. The van der Waals surface area contributed by atoms with Crippen molar-refractivity contribution in [2.45, 2.75) is 27.7 Å². The molecule has 250 valence electrons. The van der Waals surface area contributed by atoms with Gasteiger partial charge in [-0.05, 0) is 96.5 Å². The van der Waals surface area contributed by atoms with E-state index >= 15 is 0 Å². The van der Waals surface area contributed by atoms with Crippen molar-refractivity contribution < 1.29 is 0 Å². The molecular weight excluding hydrogens is 633 g/mol. The molecule has 0 amide bonds. The third kappa shape index (κ3) is 5.69. The maximum absolute atomic E-state index is 5.37. The number of hydrogen-bond acceptors (Lipinski definition) is 2. The summed E-state index contributed by atoms with van der Waals surface area (Å²) in [7, 11) is 0. The van der Waals surface area contributed by atoms with Crippen LogP contribution >= 0.6 is 0 Å². The first kappa shape index (κ1) is 31.5. The minimum absolute atomic E-state index is 0.865. The summed E-state index contributed by atoms with van der Waals surface area (Å²) in [4.78, 5) is 21.5. The Morgan fingerprint density at radius 1 is 0.288 bits per heavy atom. The van der Waals surface area contributed by atoms with Gasteiger partial charge in [0.25, 0.3) is 0 Å². The molecule has 7 aromatic rings. The van der Waals surface area contributed by atoms with E-state index in [-0.39, 0.29) is 0 Å². The fraction of sp³-hybridized carbons (Fsp3) is 0.0833. The molecule has 2 aliphatic heterocycles. The second kappa shape index (κ2) is 12.7. The topological polar surface area (TPSA) is 54.0 Å². The first-order chi connectivity index (χ1) is 25.4. The van der Waals surface area contributed by atoms with E-state index in [0.29, 0.717) is 0 Å². The molecule has 0 spiro atoms. The zero-order chi connectivity index (χ0) is 35.3. The molecule has 9 rings (SSSR count). The van der Waals surface area contributed by atoms with Gasteiger partial charge in [-0.2, -0.15) is 0 Å². The average molecular weight is 669 g/mol. The molecular formula is C48H36N4-2. The maximum Gasteiger partial charge on any atom is 0.0704 e. The molecule has 0 fully saturated rings. The van der Waals surface area contributed by atoms with Crippen LogP contribution in [0.5, 0.6) is 0 Å². The molecule has 4 heteroatoms. The lowest BCUT2D eigenvalue weighted by atomic mass is 10.0. The Morgan fingerprint density at radius 2 is 0.500 bits per heavy atom. The number of aromatic nitrogens is 4. The molecule has 2 aliphatic rings. The predicted octanol–water partition coefficient (Wildman–Crippen LogP) is 11.8. The van der Waals surface area contributed by atoms with Crippen LogP contribution in [0.3, 0.4) is 0 Å². The highest BCUT2D eigenvalue weighted by molar-refractivity contribution is 5.99. The molecule has 0 radical (unpaired) electrons. The summed E-state index contributed by atoms with van der Waals surface area (Å²) >= 11 is 0. The van der Waals surface area contributed by atoms with Crippen molar-refractivity contribution in [2.75, 3.05) is 0 Å². The highest BCUT2D eigenvalue weighted by atomic mass is 14.8. The normalized spacial score (nSPS) is 12.1. The van der Waals surface area contributed by atoms with E-state index in [1.165, 1.54) is 22.3 Å². The van der Waals surface area contributed by atoms with Crippen molar-refractivity contribution in [1.29, 1.82) is 0 Å². The van der Waals surface area contributed by atoms with Crippen LogP contribution in [0.1, 0.15) is 45.0 Å². The summed E-state index contributed by atoms with van der Waals surface area (Å²) in [5, 5.41) is 0. The van der Waals surface area contributed by atoms with Gasteiger partial charge in [-0.25, -0.2) is 9.97 Å². The predicted molar refractivity (Wildman–Crippen MR) is 217 cm³/mol.